The van der Waals surface area contributed by atoms with Gasteiger partial charge in [0, 0.05) is 54.4 Å². The third-order valence-electron chi connectivity index (χ3n) is 10.4. The number of aromatic nitrogens is 5. The van der Waals surface area contributed by atoms with E-state index in [4.69, 9.17) is 19.4 Å². The predicted molar refractivity (Wildman–Crippen MR) is 235 cm³/mol. The number of nitrogens with zero attached hydrogens (tertiary/aromatic N) is 5. The summed E-state index contributed by atoms with van der Waals surface area (Å²) in [6.45, 7) is 20.1. The Balaban J connectivity index is 0.000000211. The van der Waals surface area contributed by atoms with Crippen LogP contribution in [0.4, 0.5) is 0 Å². The van der Waals surface area contributed by atoms with Gasteiger partial charge in [0.2, 0.25) is 5.71 Å². The zero-order valence-electron chi connectivity index (χ0n) is 34.0. The Kier molecular flexibility index (Phi) is 11.2. The van der Waals surface area contributed by atoms with E-state index in [2.05, 4.69) is 143 Å². The minimum atomic E-state index is -1.34. The maximum Gasteiger partial charge on any atom is 0.216 e. The molecule has 5 aromatic heterocycles. The summed E-state index contributed by atoms with van der Waals surface area (Å²) in [6.07, 6.45) is 2.09. The van der Waals surface area contributed by atoms with Crippen molar-refractivity contribution in [1.29, 1.82) is 0 Å². The number of rotatable bonds is 6. The second-order valence-corrected chi connectivity index (χ2v) is 21.3. The molecule has 6 nitrogen and oxygen atoms in total. The Morgan fingerprint density at radius 1 is 0.737 bits per heavy atom. The molecule has 0 atom stereocenters. The molecule has 57 heavy (non-hydrogen) atoms. The molecule has 0 amide bonds. The molecule has 0 spiro atoms. The first-order chi connectivity index (χ1) is 26.9. The summed E-state index contributed by atoms with van der Waals surface area (Å²) in [5, 5.41) is 4.62. The van der Waals surface area contributed by atoms with Gasteiger partial charge in [0.15, 0.2) is 0 Å². The molecule has 0 saturated carbocycles. The standard InChI is InChI=1S/C32H25N4O.C17H22NSi.Ir/c1-18(2)36-29-22-13-11-20(4)33-26(22)16-17-27(29)34-31(36)24-12-10-19(3)28-23-14-15-25(21-8-6-5-7-9-21)35-32(23)37-30(24)28;1-13(2)15-11-16(14-9-7-6-8-10-14)18-12-17(15)19(3,4)5;/h5-11,13-18H,1-4H3;6-9,11-13H,1-5H3;/q2*-1;. The molecule has 1 radical (unpaired) electrons. The van der Waals surface area contributed by atoms with Crippen molar-refractivity contribution in [3.8, 4) is 33.9 Å². The van der Waals surface area contributed by atoms with Crippen LogP contribution in [0.25, 0.3) is 77.9 Å². The predicted octanol–water partition coefficient (Wildman–Crippen LogP) is 12.4. The first-order valence-electron chi connectivity index (χ1n) is 19.4. The Hall–Kier alpha value is -5.27. The molecule has 0 saturated heterocycles. The van der Waals surface area contributed by atoms with E-state index in [-0.39, 0.29) is 26.1 Å². The quantitative estimate of drug-likeness (QED) is 0.123. The van der Waals surface area contributed by atoms with Crippen LogP contribution in [-0.2, 0) is 20.1 Å². The van der Waals surface area contributed by atoms with Crippen molar-refractivity contribution in [2.45, 2.75) is 73.1 Å². The van der Waals surface area contributed by atoms with E-state index in [0.29, 0.717) is 11.6 Å². The van der Waals surface area contributed by atoms with Crippen molar-refractivity contribution in [3.63, 3.8) is 0 Å². The van der Waals surface area contributed by atoms with Gasteiger partial charge in [0.25, 0.3) is 0 Å². The molecular weight excluding hydrogens is 895 g/mol. The number of hydrogen-bond acceptors (Lipinski definition) is 5. The fourth-order valence-electron chi connectivity index (χ4n) is 7.65. The van der Waals surface area contributed by atoms with Crippen molar-refractivity contribution in [2.24, 2.45) is 0 Å². The largest absolute Gasteiger partial charge is 0.486 e. The van der Waals surface area contributed by atoms with Gasteiger partial charge in [-0.15, -0.1) is 53.6 Å². The monoisotopic (exact) mass is 942 g/mol. The summed E-state index contributed by atoms with van der Waals surface area (Å²) >= 11 is 0. The number of fused-ring (bicyclic) bond motifs is 6. The molecule has 0 N–H and O–H groups in total. The van der Waals surface area contributed by atoms with Crippen LogP contribution in [0.1, 0.15) is 56.5 Å². The van der Waals surface area contributed by atoms with Crippen molar-refractivity contribution in [3.05, 3.63) is 138 Å². The van der Waals surface area contributed by atoms with Gasteiger partial charge in [0.05, 0.1) is 41.7 Å². The molecule has 9 aromatic rings. The Morgan fingerprint density at radius 3 is 2.18 bits per heavy atom. The van der Waals surface area contributed by atoms with Gasteiger partial charge in [-0.05, 0) is 74.0 Å². The molecule has 8 heteroatoms. The summed E-state index contributed by atoms with van der Waals surface area (Å²) < 4.78 is 8.79. The number of aryl methyl sites for hydroxylation is 2. The van der Waals surface area contributed by atoms with Gasteiger partial charge in [-0.1, -0.05) is 93.3 Å². The van der Waals surface area contributed by atoms with Crippen LogP contribution in [0, 0.1) is 26.0 Å². The van der Waals surface area contributed by atoms with Crippen molar-refractivity contribution in [1.82, 2.24) is 24.5 Å². The fraction of sp³-hybridized carbons (Fsp3) is 0.224. The summed E-state index contributed by atoms with van der Waals surface area (Å²) in [6, 6.07) is 41.9. The third-order valence-corrected chi connectivity index (χ3v) is 12.5. The van der Waals surface area contributed by atoms with Crippen LogP contribution in [0.15, 0.2) is 114 Å². The normalized spacial score (nSPS) is 11.8. The molecule has 0 aliphatic rings. The van der Waals surface area contributed by atoms with Crippen LogP contribution in [-0.4, -0.2) is 32.6 Å². The zero-order valence-corrected chi connectivity index (χ0v) is 37.4. The Bertz CT molecular complexity index is 2870. The molecule has 0 bridgehead atoms. The molecular formula is C49H47IrN5OSi-2. The minimum Gasteiger partial charge on any atom is -0.486 e. The van der Waals surface area contributed by atoms with Crippen LogP contribution < -0.4 is 5.19 Å². The topological polar surface area (TPSA) is 69.6 Å². The van der Waals surface area contributed by atoms with E-state index in [0.717, 1.165) is 83.5 Å². The van der Waals surface area contributed by atoms with Crippen molar-refractivity contribution >= 4 is 57.3 Å². The molecule has 0 aliphatic carbocycles. The third kappa shape index (κ3) is 7.62. The smallest absolute Gasteiger partial charge is 0.216 e. The van der Waals surface area contributed by atoms with Crippen LogP contribution in [0.3, 0.4) is 0 Å². The number of imidazole rings is 1. The van der Waals surface area contributed by atoms with Crippen molar-refractivity contribution in [2.75, 3.05) is 0 Å². The van der Waals surface area contributed by atoms with Crippen LogP contribution in [0.2, 0.25) is 19.6 Å². The number of furan rings is 1. The van der Waals surface area contributed by atoms with E-state index in [9.17, 15) is 0 Å². The van der Waals surface area contributed by atoms with Gasteiger partial charge in [-0.25, -0.2) is 4.98 Å². The zero-order chi connectivity index (χ0) is 39.3. The molecule has 289 valence electrons. The fourth-order valence-corrected chi connectivity index (χ4v) is 9.33. The molecule has 5 heterocycles. The van der Waals surface area contributed by atoms with E-state index in [1.165, 1.54) is 10.8 Å². The second-order valence-electron chi connectivity index (χ2n) is 16.3. The SMILES string of the molecule is CC(C)c1cc(-c2[c-]cccc2)ncc1[Si](C)(C)C.Cc1ccc2c(ccc3nc(-c4[c-]cc(C)c5c4oc4nc(-c6ccccc6)ccc45)n(C(C)C)c32)n1.[Ir]. The van der Waals surface area contributed by atoms with E-state index in [1.807, 2.05) is 49.4 Å². The number of benzene rings is 4. The first kappa shape index (κ1) is 39.9. The molecule has 0 aliphatic heterocycles. The molecule has 0 fully saturated rings. The molecule has 9 rings (SSSR count). The van der Waals surface area contributed by atoms with E-state index < -0.39 is 8.07 Å². The molecule has 4 aromatic carbocycles. The van der Waals surface area contributed by atoms with Crippen LogP contribution in [0.5, 0.6) is 0 Å². The summed E-state index contributed by atoms with van der Waals surface area (Å²) in [4.78, 5) is 19.4. The minimum absolute atomic E-state index is 0. The number of hydrogen-bond donors (Lipinski definition) is 0. The Labute approximate surface area is 349 Å². The van der Waals surface area contributed by atoms with Gasteiger partial charge in [-0.2, -0.15) is 0 Å². The van der Waals surface area contributed by atoms with Crippen molar-refractivity contribution < 1.29 is 24.5 Å². The van der Waals surface area contributed by atoms with Crippen LogP contribution >= 0.6 is 0 Å². The Morgan fingerprint density at radius 2 is 1.47 bits per heavy atom. The summed E-state index contributed by atoms with van der Waals surface area (Å²) in [5.41, 5.74) is 12.8. The first-order valence-corrected chi connectivity index (χ1v) is 22.9. The maximum absolute atomic E-state index is 6.51. The average Bonchev–Trinajstić information content (AvgIpc) is 3.78. The van der Waals surface area contributed by atoms with E-state index in [1.54, 1.807) is 0 Å². The van der Waals surface area contributed by atoms with Gasteiger partial charge in [0.1, 0.15) is 0 Å². The van der Waals surface area contributed by atoms with Gasteiger partial charge in [-0.3, -0.25) is 9.97 Å². The second kappa shape index (κ2) is 15.9. The summed E-state index contributed by atoms with van der Waals surface area (Å²) in [5.74, 6) is 1.37. The summed E-state index contributed by atoms with van der Waals surface area (Å²) in [7, 11) is -1.34. The van der Waals surface area contributed by atoms with E-state index >= 15 is 0 Å². The van der Waals surface area contributed by atoms with Gasteiger partial charge >= 0.3 is 0 Å². The maximum atomic E-state index is 6.51. The molecule has 0 unspecified atom stereocenters. The number of pyridine rings is 3. The van der Waals surface area contributed by atoms with Gasteiger partial charge < -0.3 is 14.0 Å². The average molecular weight is 942 g/mol.